The molecule has 4 N–H and O–H groups in total. The molecule has 1 aliphatic heterocycles. The van der Waals surface area contributed by atoms with Crippen LogP contribution in [0.2, 0.25) is 0 Å². The van der Waals surface area contributed by atoms with E-state index in [4.69, 9.17) is 15.6 Å². The predicted molar refractivity (Wildman–Crippen MR) is 53.1 cm³/mol. The number of piperidine rings is 1. The number of carboxylic acid groups (broad SMARTS) is 1. The fourth-order valence-electron chi connectivity index (χ4n) is 1.25. The Morgan fingerprint density at radius 3 is 2.29 bits per heavy atom. The zero-order valence-electron chi connectivity index (χ0n) is 9.30. The second-order valence-electron chi connectivity index (χ2n) is 3.97. The number of rotatable bonds is 1. The number of nitrogens with two attached hydrogens (primary N) is 1. The topological polar surface area (TPSA) is 92.4 Å². The summed E-state index contributed by atoms with van der Waals surface area (Å²) in [6.45, 7) is 2.53. The number of aliphatic carboxylic acids is 1. The number of nitrogens with one attached hydrogen (secondary N) is 1. The van der Waals surface area contributed by atoms with Gasteiger partial charge in [-0.3, -0.25) is 4.79 Å². The largest absolute Gasteiger partial charge is 0.490 e. The lowest BCUT2D eigenvalue weighted by molar-refractivity contribution is -0.192. The minimum absolute atomic E-state index is 0.130. The Hall–Kier alpha value is -1.31. The van der Waals surface area contributed by atoms with E-state index in [0.29, 0.717) is 13.0 Å². The number of carboxylic acids is 1. The second kappa shape index (κ2) is 5.85. The molecule has 1 amide bonds. The van der Waals surface area contributed by atoms with E-state index in [-0.39, 0.29) is 11.4 Å². The van der Waals surface area contributed by atoms with Crippen LogP contribution in [0.1, 0.15) is 26.2 Å². The van der Waals surface area contributed by atoms with Crippen LogP contribution in [0.4, 0.5) is 13.2 Å². The SMILES string of the molecule is CC1(CN)CCCC(=O)N1.O=C(O)C(F)(F)F. The first-order valence-electron chi connectivity index (χ1n) is 4.92. The van der Waals surface area contributed by atoms with E-state index in [9.17, 15) is 18.0 Å². The van der Waals surface area contributed by atoms with Gasteiger partial charge in [-0.15, -0.1) is 0 Å². The Labute approximate surface area is 96.2 Å². The molecule has 17 heavy (non-hydrogen) atoms. The summed E-state index contributed by atoms with van der Waals surface area (Å²) in [4.78, 5) is 19.8. The highest BCUT2D eigenvalue weighted by molar-refractivity contribution is 5.77. The molecule has 0 aromatic rings. The Bertz CT molecular complexity index is 294. The average Bonchev–Trinajstić information content (AvgIpc) is 2.17. The summed E-state index contributed by atoms with van der Waals surface area (Å²) in [5.41, 5.74) is 5.36. The van der Waals surface area contributed by atoms with E-state index in [0.717, 1.165) is 12.8 Å². The molecule has 0 aliphatic carbocycles. The maximum atomic E-state index is 10.9. The third kappa shape index (κ3) is 6.10. The maximum absolute atomic E-state index is 10.9. The van der Waals surface area contributed by atoms with Crippen LogP contribution in [-0.4, -0.2) is 35.2 Å². The van der Waals surface area contributed by atoms with Crippen LogP contribution in [0, 0.1) is 0 Å². The molecule has 0 bridgehead atoms. The van der Waals surface area contributed by atoms with E-state index in [1.165, 1.54) is 0 Å². The monoisotopic (exact) mass is 256 g/mol. The number of hydrogen-bond donors (Lipinski definition) is 3. The molecule has 0 saturated carbocycles. The van der Waals surface area contributed by atoms with Gasteiger partial charge in [-0.25, -0.2) is 4.79 Å². The second-order valence-corrected chi connectivity index (χ2v) is 3.97. The highest BCUT2D eigenvalue weighted by Gasteiger charge is 2.38. The molecule has 1 heterocycles. The summed E-state index contributed by atoms with van der Waals surface area (Å²) < 4.78 is 31.7. The third-order valence-electron chi connectivity index (χ3n) is 2.27. The molecule has 0 radical (unpaired) electrons. The molecule has 0 spiro atoms. The molecule has 1 rings (SSSR count). The smallest absolute Gasteiger partial charge is 0.475 e. The number of hydrogen-bond acceptors (Lipinski definition) is 3. The summed E-state index contributed by atoms with van der Waals surface area (Å²) in [7, 11) is 0. The van der Waals surface area contributed by atoms with Gasteiger partial charge < -0.3 is 16.2 Å². The van der Waals surface area contributed by atoms with Crippen molar-refractivity contribution in [3.8, 4) is 0 Å². The lowest BCUT2D eigenvalue weighted by Crippen LogP contribution is -2.53. The van der Waals surface area contributed by atoms with E-state index in [1.807, 2.05) is 6.92 Å². The fourth-order valence-corrected chi connectivity index (χ4v) is 1.25. The highest BCUT2D eigenvalue weighted by Crippen LogP contribution is 2.17. The van der Waals surface area contributed by atoms with Crippen molar-refractivity contribution in [3.63, 3.8) is 0 Å². The molecule has 0 aromatic carbocycles. The van der Waals surface area contributed by atoms with Crippen molar-refractivity contribution in [3.05, 3.63) is 0 Å². The molecular weight excluding hydrogens is 241 g/mol. The van der Waals surface area contributed by atoms with Gasteiger partial charge in [0.05, 0.1) is 0 Å². The van der Waals surface area contributed by atoms with Crippen molar-refractivity contribution < 1.29 is 27.9 Å². The van der Waals surface area contributed by atoms with Gasteiger partial charge >= 0.3 is 12.1 Å². The van der Waals surface area contributed by atoms with Crippen molar-refractivity contribution in [2.75, 3.05) is 6.54 Å². The highest BCUT2D eigenvalue weighted by atomic mass is 19.4. The van der Waals surface area contributed by atoms with Crippen LogP contribution in [0.25, 0.3) is 0 Å². The van der Waals surface area contributed by atoms with Crippen LogP contribution < -0.4 is 11.1 Å². The molecular formula is C9H15F3N2O3. The number of halogens is 3. The van der Waals surface area contributed by atoms with E-state index >= 15 is 0 Å². The first-order valence-corrected chi connectivity index (χ1v) is 4.92. The van der Waals surface area contributed by atoms with Crippen LogP contribution in [0.5, 0.6) is 0 Å². The van der Waals surface area contributed by atoms with Crippen molar-refractivity contribution in [1.82, 2.24) is 5.32 Å². The Kier molecular flexibility index (Phi) is 5.40. The number of carbonyl (C=O) groups excluding carboxylic acids is 1. The molecule has 5 nitrogen and oxygen atoms in total. The van der Waals surface area contributed by atoms with Crippen molar-refractivity contribution in [2.24, 2.45) is 5.73 Å². The van der Waals surface area contributed by atoms with Crippen LogP contribution in [0.3, 0.4) is 0 Å². The third-order valence-corrected chi connectivity index (χ3v) is 2.27. The molecule has 1 unspecified atom stereocenters. The maximum Gasteiger partial charge on any atom is 0.490 e. The summed E-state index contributed by atoms with van der Waals surface area (Å²) in [5.74, 6) is -2.62. The Balaban J connectivity index is 0.000000325. The van der Waals surface area contributed by atoms with E-state index in [2.05, 4.69) is 5.32 Å². The molecule has 1 atom stereocenters. The fraction of sp³-hybridized carbons (Fsp3) is 0.778. The van der Waals surface area contributed by atoms with Crippen molar-refractivity contribution in [1.29, 1.82) is 0 Å². The normalized spacial score (nSPS) is 24.4. The van der Waals surface area contributed by atoms with E-state index in [1.54, 1.807) is 0 Å². The minimum Gasteiger partial charge on any atom is -0.475 e. The van der Waals surface area contributed by atoms with Gasteiger partial charge in [-0.2, -0.15) is 13.2 Å². The van der Waals surface area contributed by atoms with Gasteiger partial charge in [-0.1, -0.05) is 0 Å². The lowest BCUT2D eigenvalue weighted by Gasteiger charge is -2.33. The van der Waals surface area contributed by atoms with Crippen LogP contribution in [0.15, 0.2) is 0 Å². The number of carbonyl (C=O) groups is 2. The summed E-state index contributed by atoms with van der Waals surface area (Å²) in [6.07, 6.45) is -2.44. The van der Waals surface area contributed by atoms with Gasteiger partial charge in [-0.05, 0) is 19.8 Å². The van der Waals surface area contributed by atoms with Gasteiger partial charge in [0.2, 0.25) is 5.91 Å². The van der Waals surface area contributed by atoms with Crippen LogP contribution >= 0.6 is 0 Å². The Morgan fingerprint density at radius 2 is 2.06 bits per heavy atom. The lowest BCUT2D eigenvalue weighted by atomic mass is 9.91. The zero-order valence-corrected chi connectivity index (χ0v) is 9.30. The average molecular weight is 256 g/mol. The Morgan fingerprint density at radius 1 is 1.59 bits per heavy atom. The molecule has 1 saturated heterocycles. The van der Waals surface area contributed by atoms with Gasteiger partial charge in [0.25, 0.3) is 0 Å². The van der Waals surface area contributed by atoms with Gasteiger partial charge in [0.15, 0.2) is 0 Å². The quantitative estimate of drug-likeness (QED) is 0.641. The first kappa shape index (κ1) is 15.7. The molecule has 1 fully saturated rings. The molecule has 100 valence electrons. The minimum atomic E-state index is -5.08. The van der Waals surface area contributed by atoms with Gasteiger partial charge in [0, 0.05) is 18.5 Å². The molecule has 1 aliphatic rings. The number of alkyl halides is 3. The number of amides is 1. The predicted octanol–water partition coefficient (Wildman–Crippen LogP) is 0.637. The zero-order chi connectivity index (χ0) is 13.7. The summed E-state index contributed by atoms with van der Waals surface area (Å²) in [5, 5.41) is 10.0. The summed E-state index contributed by atoms with van der Waals surface area (Å²) in [6, 6.07) is 0. The van der Waals surface area contributed by atoms with E-state index < -0.39 is 12.1 Å². The summed E-state index contributed by atoms with van der Waals surface area (Å²) >= 11 is 0. The first-order chi connectivity index (χ1) is 7.60. The van der Waals surface area contributed by atoms with Crippen LogP contribution in [-0.2, 0) is 9.59 Å². The molecule has 0 aromatic heterocycles. The van der Waals surface area contributed by atoms with Gasteiger partial charge in [0.1, 0.15) is 0 Å². The van der Waals surface area contributed by atoms with Crippen molar-refractivity contribution in [2.45, 2.75) is 37.9 Å². The molecule has 8 heteroatoms. The standard InChI is InChI=1S/C7H14N2O.C2HF3O2/c1-7(5-8)4-2-3-6(10)9-7;3-2(4,5)1(6)7/h2-5,8H2,1H3,(H,9,10);(H,6,7). The van der Waals surface area contributed by atoms with Crippen molar-refractivity contribution >= 4 is 11.9 Å².